The molecular weight excluding hydrogens is 711 g/mol. The monoisotopic (exact) mass is 771 g/mol. The van der Waals surface area contributed by atoms with Crippen molar-refractivity contribution < 1.29 is 38.2 Å². The van der Waals surface area contributed by atoms with E-state index in [-0.39, 0.29) is 47.8 Å². The van der Waals surface area contributed by atoms with Gasteiger partial charge in [-0.3, -0.25) is 28.9 Å². The molecule has 1 aromatic carbocycles. The van der Waals surface area contributed by atoms with Gasteiger partial charge >= 0.3 is 11.9 Å². The van der Waals surface area contributed by atoms with Gasteiger partial charge in [-0.1, -0.05) is 59.6 Å². The van der Waals surface area contributed by atoms with Crippen LogP contribution in [0.2, 0.25) is 0 Å². The van der Waals surface area contributed by atoms with Gasteiger partial charge in [0, 0.05) is 37.9 Å². The van der Waals surface area contributed by atoms with Gasteiger partial charge in [-0.25, -0.2) is 4.98 Å². The van der Waals surface area contributed by atoms with Gasteiger partial charge in [-0.05, 0) is 68.8 Å². The number of likely N-dealkylation sites (N-methyl/N-ethyl adjacent to an activating group) is 2. The van der Waals surface area contributed by atoms with Crippen molar-refractivity contribution in [2.24, 2.45) is 17.8 Å². The summed E-state index contributed by atoms with van der Waals surface area (Å²) < 4.78 is 16.0. The summed E-state index contributed by atoms with van der Waals surface area (Å²) in [5.74, 6) is -1.59. The average Bonchev–Trinajstić information content (AvgIpc) is 3.65. The number of nitrogens with zero attached hydrogens (tertiary/aromatic N) is 3. The highest BCUT2D eigenvalue weighted by Gasteiger charge is 2.37. The van der Waals surface area contributed by atoms with Crippen LogP contribution in [0.1, 0.15) is 107 Å². The SMILES string of the molecule is CCC(C)[C@H](NC(=O)[C@H]1CCCCN1C)C(=O)N(C)[C@H](C[C@@H](OC(C)=O)c1nc(C(=O)N[C@@H](Cc2ccc(OC)cc2)C[C@H](C)C(=O)OC)cs1)C(C)C. The largest absolute Gasteiger partial charge is 0.497 e. The van der Waals surface area contributed by atoms with Crippen LogP contribution in [0.5, 0.6) is 5.75 Å². The van der Waals surface area contributed by atoms with Crippen molar-refractivity contribution in [3.05, 3.63) is 45.9 Å². The minimum Gasteiger partial charge on any atom is -0.497 e. The van der Waals surface area contributed by atoms with E-state index in [9.17, 15) is 24.0 Å². The number of ether oxygens (including phenoxy) is 3. The molecule has 0 saturated carbocycles. The summed E-state index contributed by atoms with van der Waals surface area (Å²) in [5, 5.41) is 8.17. The van der Waals surface area contributed by atoms with Gasteiger partial charge in [0.05, 0.1) is 26.2 Å². The van der Waals surface area contributed by atoms with Crippen molar-refractivity contribution in [1.29, 1.82) is 0 Å². The standard InChI is InChI=1S/C40H61N5O8S/c1-11-25(4)35(43-37(48)32-14-12-13-19-44(32)7)39(49)45(8)33(24(2)3)22-34(53-27(6)46)38-42-31(23-54-38)36(47)41-29(20-26(5)40(50)52-10)21-28-15-17-30(51-9)18-16-28/h15-18,23-26,29,32-35H,11-14,19-22H2,1-10H3,(H,41,47)(H,43,48)/t25?,26-,29+,32+,33+,34+,35-/m0/s1. The second kappa shape index (κ2) is 21.2. The molecule has 2 N–H and O–H groups in total. The molecule has 13 nitrogen and oxygen atoms in total. The van der Waals surface area contributed by atoms with Crippen LogP contribution in [-0.4, -0.2) is 103 Å². The van der Waals surface area contributed by atoms with E-state index in [0.717, 1.165) is 31.4 Å². The van der Waals surface area contributed by atoms with Gasteiger partial charge in [0.1, 0.15) is 22.5 Å². The molecule has 1 aromatic heterocycles. The van der Waals surface area contributed by atoms with Crippen LogP contribution in [0, 0.1) is 17.8 Å². The lowest BCUT2D eigenvalue weighted by molar-refractivity contribution is -0.149. The Morgan fingerprint density at radius 1 is 1.02 bits per heavy atom. The smallest absolute Gasteiger partial charge is 0.308 e. The molecule has 0 aliphatic carbocycles. The quantitative estimate of drug-likeness (QED) is 0.183. The first kappa shape index (κ1) is 44.4. The lowest BCUT2D eigenvalue weighted by atomic mass is 9.92. The first-order chi connectivity index (χ1) is 25.6. The van der Waals surface area contributed by atoms with E-state index >= 15 is 0 Å². The molecule has 2 heterocycles. The highest BCUT2D eigenvalue weighted by atomic mass is 32.1. The number of thiazole rings is 1. The lowest BCUT2D eigenvalue weighted by Crippen LogP contribution is -2.58. The number of benzene rings is 1. The molecule has 0 bridgehead atoms. The minimum absolute atomic E-state index is 0.0481. The normalized spacial score (nSPS) is 18.0. The van der Waals surface area contributed by atoms with Crippen molar-refractivity contribution in [2.45, 2.75) is 117 Å². The van der Waals surface area contributed by atoms with E-state index in [4.69, 9.17) is 14.2 Å². The van der Waals surface area contributed by atoms with Gasteiger partial charge in [0.15, 0.2) is 6.10 Å². The van der Waals surface area contributed by atoms with E-state index in [0.29, 0.717) is 30.0 Å². The van der Waals surface area contributed by atoms with E-state index in [1.165, 1.54) is 25.4 Å². The zero-order valence-electron chi connectivity index (χ0n) is 33.7. The van der Waals surface area contributed by atoms with Crippen LogP contribution in [0.15, 0.2) is 29.6 Å². The number of hydrogen-bond acceptors (Lipinski definition) is 11. The Kier molecular flexibility index (Phi) is 17.4. The minimum atomic E-state index is -0.835. The van der Waals surface area contributed by atoms with Gasteiger partial charge in [-0.2, -0.15) is 0 Å². The van der Waals surface area contributed by atoms with Crippen LogP contribution in [-0.2, 0) is 35.1 Å². The third-order valence-corrected chi connectivity index (χ3v) is 11.4. The van der Waals surface area contributed by atoms with Crippen LogP contribution in [0.4, 0.5) is 0 Å². The molecule has 1 fully saturated rings. The maximum atomic E-state index is 14.2. The summed E-state index contributed by atoms with van der Waals surface area (Å²) in [5.41, 5.74) is 1.09. The molecule has 54 heavy (non-hydrogen) atoms. The first-order valence-electron chi connectivity index (χ1n) is 19.0. The molecule has 2 aromatic rings. The van der Waals surface area contributed by atoms with Crippen molar-refractivity contribution in [1.82, 2.24) is 25.4 Å². The molecule has 0 spiro atoms. The van der Waals surface area contributed by atoms with E-state index in [2.05, 4.69) is 15.6 Å². The van der Waals surface area contributed by atoms with Crippen LogP contribution < -0.4 is 15.4 Å². The number of carbonyl (C=O) groups is 5. The summed E-state index contributed by atoms with van der Waals surface area (Å²) in [6, 6.07) is 5.69. The number of piperidine rings is 1. The Hall–Kier alpha value is -4.04. The van der Waals surface area contributed by atoms with Crippen molar-refractivity contribution >= 4 is 41.0 Å². The van der Waals surface area contributed by atoms with Crippen LogP contribution in [0.25, 0.3) is 0 Å². The summed E-state index contributed by atoms with van der Waals surface area (Å²) in [6.07, 6.45) is 3.65. The van der Waals surface area contributed by atoms with Gasteiger partial charge < -0.3 is 29.7 Å². The number of likely N-dealkylation sites (tertiary alicyclic amines) is 1. The number of nitrogens with one attached hydrogen (secondary N) is 2. The van der Waals surface area contributed by atoms with Crippen molar-refractivity contribution in [3.63, 3.8) is 0 Å². The first-order valence-corrected chi connectivity index (χ1v) is 19.9. The van der Waals surface area contributed by atoms with Crippen molar-refractivity contribution in [3.8, 4) is 5.75 Å². The highest BCUT2D eigenvalue weighted by Crippen LogP contribution is 2.31. The third kappa shape index (κ3) is 12.5. The number of methoxy groups -OCH3 is 2. The van der Waals surface area contributed by atoms with Crippen LogP contribution >= 0.6 is 11.3 Å². The topological polar surface area (TPSA) is 156 Å². The number of esters is 2. The van der Waals surface area contributed by atoms with E-state index in [1.807, 2.05) is 63.9 Å². The number of aromatic nitrogens is 1. The maximum Gasteiger partial charge on any atom is 0.308 e. The zero-order valence-corrected chi connectivity index (χ0v) is 34.5. The fraction of sp³-hybridized carbons (Fsp3) is 0.650. The van der Waals surface area contributed by atoms with E-state index < -0.39 is 42.0 Å². The Bertz CT molecular complexity index is 1550. The van der Waals surface area contributed by atoms with Gasteiger partial charge in [0.25, 0.3) is 5.91 Å². The molecular formula is C40H61N5O8S. The molecule has 3 amide bonds. The Morgan fingerprint density at radius 2 is 1.70 bits per heavy atom. The molecule has 7 atom stereocenters. The van der Waals surface area contributed by atoms with Crippen molar-refractivity contribution in [2.75, 3.05) is 34.9 Å². The second-order valence-electron chi connectivity index (χ2n) is 14.9. The molecule has 0 radical (unpaired) electrons. The Morgan fingerprint density at radius 3 is 2.28 bits per heavy atom. The summed E-state index contributed by atoms with van der Waals surface area (Å²) in [6.45, 7) is 11.9. The fourth-order valence-electron chi connectivity index (χ4n) is 6.98. The number of carbonyl (C=O) groups excluding carboxylic acids is 5. The molecule has 14 heteroatoms. The number of rotatable bonds is 19. The predicted molar refractivity (Wildman–Crippen MR) is 208 cm³/mol. The predicted octanol–water partition coefficient (Wildman–Crippen LogP) is 5.18. The number of amides is 3. The summed E-state index contributed by atoms with van der Waals surface area (Å²) in [4.78, 5) is 74.3. The third-order valence-electron chi connectivity index (χ3n) is 10.5. The molecule has 300 valence electrons. The van der Waals surface area contributed by atoms with Gasteiger partial charge in [-0.15, -0.1) is 11.3 Å². The molecule has 1 aliphatic heterocycles. The zero-order chi connectivity index (χ0) is 40.1. The lowest BCUT2D eigenvalue weighted by Gasteiger charge is -2.38. The van der Waals surface area contributed by atoms with Crippen LogP contribution in [0.3, 0.4) is 0 Å². The summed E-state index contributed by atoms with van der Waals surface area (Å²) in [7, 11) is 6.60. The maximum absolute atomic E-state index is 14.2. The highest BCUT2D eigenvalue weighted by molar-refractivity contribution is 7.09. The number of hydrogen-bond donors (Lipinski definition) is 2. The van der Waals surface area contributed by atoms with Gasteiger partial charge in [0.2, 0.25) is 11.8 Å². The molecule has 1 unspecified atom stereocenters. The average molecular weight is 772 g/mol. The Balaban J connectivity index is 1.82. The van der Waals surface area contributed by atoms with E-state index in [1.54, 1.807) is 31.4 Å². The molecule has 1 saturated heterocycles. The molecule has 1 aliphatic rings. The molecule has 3 rings (SSSR count). The Labute approximate surface area is 324 Å². The summed E-state index contributed by atoms with van der Waals surface area (Å²) >= 11 is 1.20. The fourth-order valence-corrected chi connectivity index (χ4v) is 7.82. The second-order valence-corrected chi connectivity index (χ2v) is 15.8.